The molecule has 0 saturated heterocycles. The van der Waals surface area contributed by atoms with Gasteiger partial charge in [0.05, 0.1) is 0 Å². The van der Waals surface area contributed by atoms with Crippen molar-refractivity contribution in [1.82, 2.24) is 5.32 Å². The van der Waals surface area contributed by atoms with Crippen molar-refractivity contribution in [3.8, 4) is 0 Å². The molecule has 0 heterocycles. The van der Waals surface area contributed by atoms with Crippen molar-refractivity contribution < 1.29 is 14.7 Å². The van der Waals surface area contributed by atoms with Crippen molar-refractivity contribution in [2.24, 2.45) is 11.7 Å². The second-order valence-corrected chi connectivity index (χ2v) is 3.45. The van der Waals surface area contributed by atoms with Crippen LogP contribution in [0.2, 0.25) is 0 Å². The number of primary amides is 1. The molecule has 0 aromatic heterocycles. The minimum atomic E-state index is -1.12. The first-order valence-corrected chi connectivity index (χ1v) is 4.19. The van der Waals surface area contributed by atoms with Crippen LogP contribution in [0, 0.1) is 5.92 Å². The minimum absolute atomic E-state index is 0.0600. The lowest BCUT2D eigenvalue weighted by Crippen LogP contribution is -2.37. The van der Waals surface area contributed by atoms with Gasteiger partial charge < -0.3 is 16.2 Å². The highest BCUT2D eigenvalue weighted by molar-refractivity contribution is 5.75. The number of nitrogens with one attached hydrogen (secondary N) is 1. The third kappa shape index (κ3) is 7.11. The summed E-state index contributed by atoms with van der Waals surface area (Å²) >= 11 is 0. The van der Waals surface area contributed by atoms with E-state index in [1.165, 1.54) is 0 Å². The van der Waals surface area contributed by atoms with Gasteiger partial charge in [-0.15, -0.1) is 0 Å². The number of nitrogens with two attached hydrogens (primary N) is 1. The molecule has 0 rings (SSSR count). The van der Waals surface area contributed by atoms with Gasteiger partial charge in [-0.3, -0.25) is 4.79 Å². The van der Waals surface area contributed by atoms with Crippen LogP contribution >= 0.6 is 0 Å². The largest absolute Gasteiger partial charge is 0.465 e. The molecule has 5 nitrogen and oxygen atoms in total. The summed E-state index contributed by atoms with van der Waals surface area (Å²) in [7, 11) is 0. The quantitative estimate of drug-likeness (QED) is 0.588. The number of rotatable bonds is 5. The molecular formula is C8H16N2O3. The third-order valence-corrected chi connectivity index (χ3v) is 1.53. The van der Waals surface area contributed by atoms with Gasteiger partial charge in [0.25, 0.3) is 0 Å². The molecule has 4 N–H and O–H groups in total. The summed E-state index contributed by atoms with van der Waals surface area (Å²) in [6.07, 6.45) is -0.438. The van der Waals surface area contributed by atoms with Crippen molar-refractivity contribution in [2.45, 2.75) is 32.7 Å². The van der Waals surface area contributed by atoms with E-state index in [1.807, 2.05) is 13.8 Å². The number of hydrogen-bond acceptors (Lipinski definition) is 2. The first-order chi connectivity index (χ1) is 5.91. The summed E-state index contributed by atoms with van der Waals surface area (Å²) in [5.41, 5.74) is 4.97. The number of hydrogen-bond donors (Lipinski definition) is 3. The average Bonchev–Trinajstić information content (AvgIpc) is 1.80. The molecule has 0 unspecified atom stereocenters. The molecule has 1 atom stereocenters. The van der Waals surface area contributed by atoms with Gasteiger partial charge in [0.1, 0.15) is 0 Å². The number of carboxylic acid groups (broad SMARTS) is 1. The summed E-state index contributed by atoms with van der Waals surface area (Å²) in [5, 5.41) is 10.7. The molecule has 76 valence electrons. The Labute approximate surface area is 77.3 Å². The van der Waals surface area contributed by atoms with Crippen LogP contribution in [0.4, 0.5) is 4.79 Å². The van der Waals surface area contributed by atoms with E-state index in [-0.39, 0.29) is 12.5 Å². The van der Waals surface area contributed by atoms with Crippen molar-refractivity contribution >= 4 is 12.0 Å². The van der Waals surface area contributed by atoms with Gasteiger partial charge in [-0.1, -0.05) is 13.8 Å². The van der Waals surface area contributed by atoms with Crippen LogP contribution in [-0.4, -0.2) is 23.1 Å². The Kier molecular flexibility index (Phi) is 4.87. The lowest BCUT2D eigenvalue weighted by atomic mass is 10.0. The zero-order valence-corrected chi connectivity index (χ0v) is 7.91. The molecule has 5 heteroatoms. The summed E-state index contributed by atoms with van der Waals surface area (Å²) in [6, 6.07) is -0.366. The molecule has 0 aliphatic rings. The molecule has 0 fully saturated rings. The predicted molar refractivity (Wildman–Crippen MR) is 48.2 cm³/mol. The van der Waals surface area contributed by atoms with Gasteiger partial charge in [0, 0.05) is 12.5 Å². The second-order valence-electron chi connectivity index (χ2n) is 3.45. The van der Waals surface area contributed by atoms with Crippen LogP contribution in [0.1, 0.15) is 26.7 Å². The Bertz CT molecular complexity index is 176. The van der Waals surface area contributed by atoms with E-state index in [1.54, 1.807) is 0 Å². The summed E-state index contributed by atoms with van der Waals surface area (Å²) in [6.45, 7) is 3.91. The van der Waals surface area contributed by atoms with Gasteiger partial charge in [0.15, 0.2) is 0 Å². The van der Waals surface area contributed by atoms with E-state index in [9.17, 15) is 9.59 Å². The first kappa shape index (κ1) is 11.7. The number of carbonyl (C=O) groups is 2. The molecule has 0 aliphatic carbocycles. The molecule has 0 aromatic carbocycles. The third-order valence-electron chi connectivity index (χ3n) is 1.53. The second kappa shape index (κ2) is 5.40. The van der Waals surface area contributed by atoms with E-state index in [4.69, 9.17) is 10.8 Å². The lowest BCUT2D eigenvalue weighted by Gasteiger charge is -2.16. The highest BCUT2D eigenvalue weighted by Crippen LogP contribution is 2.07. The Hall–Kier alpha value is -1.26. The van der Waals surface area contributed by atoms with Crippen LogP contribution in [0.25, 0.3) is 0 Å². The van der Waals surface area contributed by atoms with Crippen LogP contribution < -0.4 is 11.1 Å². The van der Waals surface area contributed by atoms with E-state index in [0.717, 1.165) is 0 Å². The summed E-state index contributed by atoms with van der Waals surface area (Å²) < 4.78 is 0. The van der Waals surface area contributed by atoms with Crippen molar-refractivity contribution in [3.05, 3.63) is 0 Å². The van der Waals surface area contributed by atoms with E-state index >= 15 is 0 Å². The summed E-state index contributed by atoms with van der Waals surface area (Å²) in [5.74, 6) is -0.157. The van der Waals surface area contributed by atoms with Crippen LogP contribution in [0.5, 0.6) is 0 Å². The minimum Gasteiger partial charge on any atom is -0.465 e. The maximum absolute atomic E-state index is 10.6. The lowest BCUT2D eigenvalue weighted by molar-refractivity contribution is -0.118. The van der Waals surface area contributed by atoms with Gasteiger partial charge in [0.2, 0.25) is 5.91 Å². The number of amides is 2. The van der Waals surface area contributed by atoms with Gasteiger partial charge in [-0.05, 0) is 12.3 Å². The Balaban J connectivity index is 4.02. The summed E-state index contributed by atoms with van der Waals surface area (Å²) in [4.78, 5) is 20.9. The first-order valence-electron chi connectivity index (χ1n) is 4.19. The Morgan fingerprint density at radius 2 is 2.00 bits per heavy atom. The van der Waals surface area contributed by atoms with Crippen molar-refractivity contribution in [2.75, 3.05) is 0 Å². The standard InChI is InChI=1S/C8H16N2O3/c1-5(2)3-6(4-7(9)11)10-8(12)13/h5-6,10H,3-4H2,1-2H3,(H2,9,11)(H,12,13)/t6-/m0/s1. The highest BCUT2D eigenvalue weighted by Gasteiger charge is 2.15. The van der Waals surface area contributed by atoms with Gasteiger partial charge in [-0.25, -0.2) is 4.79 Å². The maximum atomic E-state index is 10.6. The van der Waals surface area contributed by atoms with E-state index < -0.39 is 12.0 Å². The monoisotopic (exact) mass is 188 g/mol. The molecule has 0 aromatic rings. The van der Waals surface area contributed by atoms with E-state index in [2.05, 4.69) is 5.32 Å². The van der Waals surface area contributed by atoms with Crippen molar-refractivity contribution in [1.29, 1.82) is 0 Å². The Morgan fingerprint density at radius 1 is 1.46 bits per heavy atom. The van der Waals surface area contributed by atoms with Crippen LogP contribution in [0.15, 0.2) is 0 Å². The topological polar surface area (TPSA) is 92.4 Å². The van der Waals surface area contributed by atoms with Crippen LogP contribution in [-0.2, 0) is 4.79 Å². The van der Waals surface area contributed by atoms with Gasteiger partial charge >= 0.3 is 6.09 Å². The number of carbonyl (C=O) groups excluding carboxylic acids is 1. The molecule has 0 bridgehead atoms. The molecule has 0 radical (unpaired) electrons. The fraction of sp³-hybridized carbons (Fsp3) is 0.750. The van der Waals surface area contributed by atoms with Crippen LogP contribution in [0.3, 0.4) is 0 Å². The fourth-order valence-corrected chi connectivity index (χ4v) is 1.18. The Morgan fingerprint density at radius 3 is 2.31 bits per heavy atom. The highest BCUT2D eigenvalue weighted by atomic mass is 16.4. The molecule has 2 amide bonds. The fourth-order valence-electron chi connectivity index (χ4n) is 1.18. The normalized spacial score (nSPS) is 12.5. The molecule has 13 heavy (non-hydrogen) atoms. The van der Waals surface area contributed by atoms with Gasteiger partial charge in [-0.2, -0.15) is 0 Å². The molecular weight excluding hydrogens is 172 g/mol. The van der Waals surface area contributed by atoms with E-state index in [0.29, 0.717) is 12.3 Å². The van der Waals surface area contributed by atoms with Crippen molar-refractivity contribution in [3.63, 3.8) is 0 Å². The smallest absolute Gasteiger partial charge is 0.404 e. The average molecular weight is 188 g/mol. The SMILES string of the molecule is CC(C)C[C@@H](CC(N)=O)NC(=O)O. The predicted octanol–water partition coefficient (Wildman–Crippen LogP) is 0.544. The molecule has 0 saturated carbocycles. The molecule has 0 spiro atoms. The maximum Gasteiger partial charge on any atom is 0.404 e. The zero-order valence-electron chi connectivity index (χ0n) is 7.91. The molecule has 0 aliphatic heterocycles. The zero-order chi connectivity index (χ0) is 10.4.